The second-order valence-corrected chi connectivity index (χ2v) is 7.89. The largest absolute Gasteiger partial charge is 0.493 e. The summed E-state index contributed by atoms with van der Waals surface area (Å²) < 4.78 is 11.3. The average Bonchev–Trinajstić information content (AvgIpc) is 2.78. The molecule has 1 unspecified atom stereocenters. The smallest absolute Gasteiger partial charge is 0.268 e. The van der Waals surface area contributed by atoms with Crippen molar-refractivity contribution in [3.05, 3.63) is 83.4 Å². The maximum absolute atomic E-state index is 12.9. The molecule has 1 N–H and O–H groups in total. The van der Waals surface area contributed by atoms with Crippen LogP contribution in [0.5, 0.6) is 11.5 Å². The molecule has 6 nitrogen and oxygen atoms in total. The Bertz CT molecular complexity index is 1120. The van der Waals surface area contributed by atoms with E-state index in [2.05, 4.69) is 5.32 Å². The van der Waals surface area contributed by atoms with Gasteiger partial charge < -0.3 is 19.7 Å². The highest BCUT2D eigenvalue weighted by atomic mass is 35.5. The van der Waals surface area contributed by atoms with Gasteiger partial charge in [0.15, 0.2) is 6.10 Å². The van der Waals surface area contributed by atoms with E-state index in [-0.39, 0.29) is 24.8 Å². The highest BCUT2D eigenvalue weighted by Gasteiger charge is 2.31. The van der Waals surface area contributed by atoms with Crippen LogP contribution in [0, 0.1) is 0 Å². The molecule has 1 aliphatic rings. The standard InChI is InChI=1S/C25H23ClN2O4/c1-17-25(30)28(16-18-6-5-7-19(26)14-18)22-15-20(10-11-23(22)32-17)27-24(29)12-13-31-21-8-3-2-4-9-21/h2-11,14-15,17H,12-13,16H2,1H3,(H,27,29). The molecule has 0 fully saturated rings. The van der Waals surface area contributed by atoms with Crippen LogP contribution in [0.4, 0.5) is 11.4 Å². The highest BCUT2D eigenvalue weighted by molar-refractivity contribution is 6.30. The Balaban J connectivity index is 1.46. The van der Waals surface area contributed by atoms with E-state index in [1.165, 1.54) is 0 Å². The van der Waals surface area contributed by atoms with E-state index >= 15 is 0 Å². The number of nitrogens with zero attached hydrogens (tertiary/aromatic N) is 1. The van der Waals surface area contributed by atoms with E-state index in [4.69, 9.17) is 21.1 Å². The lowest BCUT2D eigenvalue weighted by Gasteiger charge is -2.33. The molecule has 0 aliphatic carbocycles. The summed E-state index contributed by atoms with van der Waals surface area (Å²) in [5.74, 6) is 0.968. The fraction of sp³-hybridized carbons (Fsp3) is 0.200. The predicted octanol–water partition coefficient (Wildman–Crippen LogP) is 5.06. The lowest BCUT2D eigenvalue weighted by molar-refractivity contribution is -0.125. The zero-order chi connectivity index (χ0) is 22.5. The van der Waals surface area contributed by atoms with Gasteiger partial charge in [-0.15, -0.1) is 0 Å². The lowest BCUT2D eigenvalue weighted by Crippen LogP contribution is -2.44. The number of para-hydroxylation sites is 1. The molecular formula is C25H23ClN2O4. The van der Waals surface area contributed by atoms with Gasteiger partial charge in [-0.1, -0.05) is 41.9 Å². The number of nitrogens with one attached hydrogen (secondary N) is 1. The normalized spacial score (nSPS) is 15.0. The monoisotopic (exact) mass is 450 g/mol. The molecule has 164 valence electrons. The molecule has 0 bridgehead atoms. The van der Waals surface area contributed by atoms with Gasteiger partial charge in [0.05, 0.1) is 25.3 Å². The fourth-order valence-corrected chi connectivity index (χ4v) is 3.68. The van der Waals surface area contributed by atoms with E-state index in [9.17, 15) is 9.59 Å². The summed E-state index contributed by atoms with van der Waals surface area (Å²) in [5.41, 5.74) is 2.08. The number of hydrogen-bond acceptors (Lipinski definition) is 4. The van der Waals surface area contributed by atoms with Crippen LogP contribution >= 0.6 is 11.6 Å². The van der Waals surface area contributed by atoms with Gasteiger partial charge in [-0.2, -0.15) is 0 Å². The maximum Gasteiger partial charge on any atom is 0.268 e. The first-order chi connectivity index (χ1) is 15.5. The number of ether oxygens (including phenoxy) is 2. The van der Waals surface area contributed by atoms with Gasteiger partial charge in [0, 0.05) is 10.7 Å². The molecule has 4 rings (SSSR count). The van der Waals surface area contributed by atoms with Crippen LogP contribution in [0.1, 0.15) is 18.9 Å². The summed E-state index contributed by atoms with van der Waals surface area (Å²) in [7, 11) is 0. The van der Waals surface area contributed by atoms with Crippen LogP contribution in [0.15, 0.2) is 72.8 Å². The molecule has 0 saturated heterocycles. The summed E-state index contributed by atoms with van der Waals surface area (Å²) in [6.45, 7) is 2.34. The number of fused-ring (bicyclic) bond motifs is 1. The molecule has 0 spiro atoms. The molecule has 7 heteroatoms. The third kappa shape index (κ3) is 5.21. The van der Waals surface area contributed by atoms with Crippen LogP contribution in [0.2, 0.25) is 5.02 Å². The van der Waals surface area contributed by atoms with Crippen LogP contribution < -0.4 is 19.7 Å². The van der Waals surface area contributed by atoms with E-state index < -0.39 is 6.10 Å². The Hall–Kier alpha value is -3.51. The van der Waals surface area contributed by atoms with E-state index in [0.29, 0.717) is 28.7 Å². The summed E-state index contributed by atoms with van der Waals surface area (Å²) in [6.07, 6.45) is -0.401. The minimum Gasteiger partial charge on any atom is -0.493 e. The van der Waals surface area contributed by atoms with E-state index in [1.54, 1.807) is 36.1 Å². The van der Waals surface area contributed by atoms with Gasteiger partial charge in [0.2, 0.25) is 5.91 Å². The molecule has 0 aromatic heterocycles. The highest BCUT2D eigenvalue weighted by Crippen LogP contribution is 2.37. The Morgan fingerprint density at radius 1 is 1.09 bits per heavy atom. The fourth-order valence-electron chi connectivity index (χ4n) is 3.47. The van der Waals surface area contributed by atoms with Gasteiger partial charge in [0.25, 0.3) is 5.91 Å². The molecule has 2 amide bonds. The number of halogens is 1. The summed E-state index contributed by atoms with van der Waals surface area (Å²) >= 11 is 6.11. The first-order valence-electron chi connectivity index (χ1n) is 10.3. The van der Waals surface area contributed by atoms with Crippen LogP contribution in [0.25, 0.3) is 0 Å². The van der Waals surface area contributed by atoms with Gasteiger partial charge in [-0.05, 0) is 55.0 Å². The van der Waals surface area contributed by atoms with Crippen molar-refractivity contribution in [2.75, 3.05) is 16.8 Å². The molecule has 1 heterocycles. The van der Waals surface area contributed by atoms with Crippen LogP contribution in [-0.2, 0) is 16.1 Å². The predicted molar refractivity (Wildman–Crippen MR) is 124 cm³/mol. The number of amides is 2. The Morgan fingerprint density at radius 2 is 1.91 bits per heavy atom. The van der Waals surface area contributed by atoms with Crippen molar-refractivity contribution in [2.24, 2.45) is 0 Å². The quantitative estimate of drug-likeness (QED) is 0.546. The van der Waals surface area contributed by atoms with Crippen LogP contribution in [-0.4, -0.2) is 24.5 Å². The van der Waals surface area contributed by atoms with Crippen molar-refractivity contribution in [2.45, 2.75) is 26.0 Å². The number of hydrogen-bond donors (Lipinski definition) is 1. The van der Waals surface area contributed by atoms with Gasteiger partial charge in [-0.3, -0.25) is 9.59 Å². The summed E-state index contributed by atoms with van der Waals surface area (Å²) in [6, 6.07) is 22.0. The third-order valence-electron chi connectivity index (χ3n) is 5.02. The Kier molecular flexibility index (Phi) is 6.61. The topological polar surface area (TPSA) is 67.9 Å². The first-order valence-corrected chi connectivity index (χ1v) is 10.7. The third-order valence-corrected chi connectivity index (χ3v) is 5.26. The van der Waals surface area contributed by atoms with Crippen molar-refractivity contribution >= 4 is 34.8 Å². The zero-order valence-electron chi connectivity index (χ0n) is 17.6. The first kappa shape index (κ1) is 21.7. The number of carbonyl (C=O) groups excluding carboxylic acids is 2. The Morgan fingerprint density at radius 3 is 2.69 bits per heavy atom. The van der Waals surface area contributed by atoms with Gasteiger partial charge in [0.1, 0.15) is 11.5 Å². The summed E-state index contributed by atoms with van der Waals surface area (Å²) in [4.78, 5) is 26.9. The second-order valence-electron chi connectivity index (χ2n) is 7.46. The van der Waals surface area contributed by atoms with Gasteiger partial charge in [-0.25, -0.2) is 0 Å². The minimum absolute atomic E-state index is 0.155. The second kappa shape index (κ2) is 9.75. The minimum atomic E-state index is -0.600. The molecule has 3 aromatic carbocycles. The van der Waals surface area contributed by atoms with E-state index in [0.717, 1.165) is 11.3 Å². The number of rotatable bonds is 7. The van der Waals surface area contributed by atoms with Crippen molar-refractivity contribution in [1.29, 1.82) is 0 Å². The van der Waals surface area contributed by atoms with Crippen molar-refractivity contribution < 1.29 is 19.1 Å². The van der Waals surface area contributed by atoms with Crippen LogP contribution in [0.3, 0.4) is 0 Å². The molecule has 32 heavy (non-hydrogen) atoms. The van der Waals surface area contributed by atoms with Gasteiger partial charge >= 0.3 is 0 Å². The Labute approximate surface area is 191 Å². The molecule has 3 aromatic rings. The molecule has 1 aliphatic heterocycles. The molecular weight excluding hydrogens is 428 g/mol. The average molecular weight is 451 g/mol. The molecule has 0 saturated carbocycles. The number of carbonyl (C=O) groups is 2. The lowest BCUT2D eigenvalue weighted by atomic mass is 10.1. The maximum atomic E-state index is 12.9. The SMILES string of the molecule is CC1Oc2ccc(NC(=O)CCOc3ccccc3)cc2N(Cc2cccc(Cl)c2)C1=O. The van der Waals surface area contributed by atoms with E-state index in [1.807, 2.05) is 48.5 Å². The van der Waals surface area contributed by atoms with Crippen molar-refractivity contribution in [3.8, 4) is 11.5 Å². The zero-order valence-corrected chi connectivity index (χ0v) is 18.3. The summed E-state index contributed by atoms with van der Waals surface area (Å²) in [5, 5.41) is 3.47. The molecule has 0 radical (unpaired) electrons. The molecule has 1 atom stereocenters. The number of anilines is 2. The number of benzene rings is 3. The van der Waals surface area contributed by atoms with Crippen molar-refractivity contribution in [1.82, 2.24) is 0 Å². The van der Waals surface area contributed by atoms with Crippen molar-refractivity contribution in [3.63, 3.8) is 0 Å².